The van der Waals surface area contributed by atoms with Crippen LogP contribution in [0.5, 0.6) is 0 Å². The van der Waals surface area contributed by atoms with E-state index in [1.807, 2.05) is 61.2 Å². The number of rotatable bonds is 6. The van der Waals surface area contributed by atoms with E-state index in [2.05, 4.69) is 5.32 Å². The molecule has 0 aromatic heterocycles. The standard InChI is InChI=1S/C23H29N3O3/c1-17-5-4-6-18(2)22(17)24-21(27)15-25-11-13-26(14-12-25)23(28)20-9-7-19(8-10-20)16-29-3/h4-10H,11-16H2,1-3H3,(H,24,27)/p+1. The van der Waals surface area contributed by atoms with E-state index in [0.717, 1.165) is 35.5 Å². The highest BCUT2D eigenvalue weighted by Gasteiger charge is 2.26. The molecule has 1 heterocycles. The number of carbonyl (C=O) groups excluding carboxylic acids is 2. The molecular weight excluding hydrogens is 366 g/mol. The maximum atomic E-state index is 12.7. The van der Waals surface area contributed by atoms with Gasteiger partial charge in [0, 0.05) is 18.4 Å². The van der Waals surface area contributed by atoms with Crippen molar-refractivity contribution in [3.8, 4) is 0 Å². The zero-order valence-electron chi connectivity index (χ0n) is 17.5. The monoisotopic (exact) mass is 396 g/mol. The smallest absolute Gasteiger partial charge is 0.279 e. The van der Waals surface area contributed by atoms with Crippen LogP contribution in [0.25, 0.3) is 0 Å². The van der Waals surface area contributed by atoms with Gasteiger partial charge in [-0.15, -0.1) is 0 Å². The van der Waals surface area contributed by atoms with Crippen LogP contribution in [0.15, 0.2) is 42.5 Å². The summed E-state index contributed by atoms with van der Waals surface area (Å²) in [6.45, 7) is 7.82. The molecule has 0 unspecified atom stereocenters. The van der Waals surface area contributed by atoms with Crippen molar-refractivity contribution >= 4 is 17.5 Å². The maximum Gasteiger partial charge on any atom is 0.279 e. The molecule has 6 heteroatoms. The van der Waals surface area contributed by atoms with Crippen molar-refractivity contribution in [2.24, 2.45) is 0 Å². The summed E-state index contributed by atoms with van der Waals surface area (Å²) < 4.78 is 5.11. The van der Waals surface area contributed by atoms with Gasteiger partial charge in [-0.1, -0.05) is 30.3 Å². The molecule has 2 aromatic carbocycles. The molecule has 2 N–H and O–H groups in total. The molecule has 6 nitrogen and oxygen atoms in total. The van der Waals surface area contributed by atoms with Gasteiger partial charge in [0.15, 0.2) is 6.54 Å². The molecule has 0 aliphatic carbocycles. The van der Waals surface area contributed by atoms with Crippen molar-refractivity contribution in [3.63, 3.8) is 0 Å². The summed E-state index contributed by atoms with van der Waals surface area (Å²) in [5.41, 5.74) is 4.79. The first kappa shape index (κ1) is 21.0. The molecule has 0 radical (unpaired) electrons. The molecule has 1 aliphatic rings. The Kier molecular flexibility index (Phi) is 7.01. The van der Waals surface area contributed by atoms with Crippen LogP contribution in [0.2, 0.25) is 0 Å². The van der Waals surface area contributed by atoms with Crippen LogP contribution in [-0.2, 0) is 16.1 Å². The lowest BCUT2D eigenvalue weighted by Crippen LogP contribution is -3.15. The van der Waals surface area contributed by atoms with E-state index in [1.165, 1.54) is 4.90 Å². The number of anilines is 1. The van der Waals surface area contributed by atoms with Crippen LogP contribution < -0.4 is 10.2 Å². The number of nitrogens with one attached hydrogen (secondary N) is 2. The minimum atomic E-state index is 0.0194. The Bertz CT molecular complexity index is 836. The van der Waals surface area contributed by atoms with Crippen LogP contribution >= 0.6 is 0 Å². The minimum absolute atomic E-state index is 0.0194. The summed E-state index contributed by atoms with van der Waals surface area (Å²) >= 11 is 0. The minimum Gasteiger partial charge on any atom is -0.380 e. The Morgan fingerprint density at radius 1 is 1.03 bits per heavy atom. The molecule has 1 saturated heterocycles. The van der Waals surface area contributed by atoms with Crippen molar-refractivity contribution in [1.29, 1.82) is 0 Å². The van der Waals surface area contributed by atoms with Crippen LogP contribution in [-0.4, -0.2) is 56.5 Å². The molecule has 0 atom stereocenters. The SMILES string of the molecule is COCc1ccc(C(=O)N2CC[NH+](CC(=O)Nc3c(C)cccc3C)CC2)cc1. The fourth-order valence-electron chi connectivity index (χ4n) is 3.72. The molecule has 0 saturated carbocycles. The van der Waals surface area contributed by atoms with Crippen LogP contribution in [0.3, 0.4) is 0 Å². The van der Waals surface area contributed by atoms with Gasteiger partial charge in [0.1, 0.15) is 0 Å². The topological polar surface area (TPSA) is 63.1 Å². The van der Waals surface area contributed by atoms with Crippen LogP contribution in [0.4, 0.5) is 5.69 Å². The van der Waals surface area contributed by atoms with Gasteiger partial charge in [-0.2, -0.15) is 0 Å². The lowest BCUT2D eigenvalue weighted by atomic mass is 10.1. The molecule has 2 aromatic rings. The van der Waals surface area contributed by atoms with E-state index in [1.54, 1.807) is 7.11 Å². The Morgan fingerprint density at radius 3 is 2.24 bits per heavy atom. The number of para-hydroxylation sites is 1. The summed E-state index contributed by atoms with van der Waals surface area (Å²) in [6.07, 6.45) is 0. The highest BCUT2D eigenvalue weighted by molar-refractivity contribution is 5.94. The van der Waals surface area contributed by atoms with E-state index in [4.69, 9.17) is 4.74 Å². The molecule has 3 rings (SSSR count). The Hall–Kier alpha value is -2.70. The molecule has 29 heavy (non-hydrogen) atoms. The van der Waals surface area contributed by atoms with E-state index in [-0.39, 0.29) is 11.8 Å². The third kappa shape index (κ3) is 5.43. The summed E-state index contributed by atoms with van der Waals surface area (Å²) in [5, 5.41) is 3.05. The second kappa shape index (κ2) is 9.67. The van der Waals surface area contributed by atoms with Gasteiger partial charge in [-0.05, 0) is 42.7 Å². The number of quaternary nitrogens is 1. The quantitative estimate of drug-likeness (QED) is 0.777. The number of piperazine rings is 1. The second-order valence-electron chi connectivity index (χ2n) is 7.66. The maximum absolute atomic E-state index is 12.7. The van der Waals surface area contributed by atoms with Gasteiger partial charge in [-0.3, -0.25) is 9.59 Å². The fourth-order valence-corrected chi connectivity index (χ4v) is 3.72. The van der Waals surface area contributed by atoms with Crippen LogP contribution in [0.1, 0.15) is 27.0 Å². The lowest BCUT2D eigenvalue weighted by Gasteiger charge is -2.32. The van der Waals surface area contributed by atoms with E-state index in [9.17, 15) is 9.59 Å². The Balaban J connectivity index is 1.49. The normalized spacial score (nSPS) is 14.7. The average Bonchev–Trinajstić information content (AvgIpc) is 2.72. The number of benzene rings is 2. The van der Waals surface area contributed by atoms with Crippen molar-refractivity contribution in [1.82, 2.24) is 4.90 Å². The number of ether oxygens (including phenoxy) is 1. The summed E-state index contributed by atoms with van der Waals surface area (Å²) in [6, 6.07) is 13.6. The van der Waals surface area contributed by atoms with E-state index < -0.39 is 0 Å². The van der Waals surface area contributed by atoms with Crippen molar-refractivity contribution in [3.05, 3.63) is 64.7 Å². The summed E-state index contributed by atoms with van der Waals surface area (Å²) in [4.78, 5) is 28.3. The van der Waals surface area contributed by atoms with Gasteiger partial charge < -0.3 is 19.9 Å². The van der Waals surface area contributed by atoms with Gasteiger partial charge in [0.25, 0.3) is 11.8 Å². The predicted molar refractivity (Wildman–Crippen MR) is 113 cm³/mol. The Labute approximate surface area is 172 Å². The van der Waals surface area contributed by atoms with Crippen molar-refractivity contribution in [2.75, 3.05) is 45.2 Å². The lowest BCUT2D eigenvalue weighted by molar-refractivity contribution is -0.895. The summed E-state index contributed by atoms with van der Waals surface area (Å²) in [7, 11) is 1.66. The van der Waals surface area contributed by atoms with E-state index in [0.29, 0.717) is 31.8 Å². The largest absolute Gasteiger partial charge is 0.380 e. The third-order valence-electron chi connectivity index (χ3n) is 5.43. The van der Waals surface area contributed by atoms with Gasteiger partial charge in [0.2, 0.25) is 0 Å². The zero-order chi connectivity index (χ0) is 20.8. The highest BCUT2D eigenvalue weighted by Crippen LogP contribution is 2.18. The first-order chi connectivity index (χ1) is 14.0. The van der Waals surface area contributed by atoms with Crippen LogP contribution in [0, 0.1) is 13.8 Å². The van der Waals surface area contributed by atoms with Gasteiger partial charge in [-0.25, -0.2) is 0 Å². The summed E-state index contributed by atoms with van der Waals surface area (Å²) in [5.74, 6) is 0.0684. The molecule has 0 bridgehead atoms. The predicted octanol–water partition coefficient (Wildman–Crippen LogP) is 1.43. The highest BCUT2D eigenvalue weighted by atomic mass is 16.5. The second-order valence-corrected chi connectivity index (χ2v) is 7.66. The van der Waals surface area contributed by atoms with Crippen molar-refractivity contribution < 1.29 is 19.2 Å². The molecule has 0 spiro atoms. The van der Waals surface area contributed by atoms with E-state index >= 15 is 0 Å². The van der Waals surface area contributed by atoms with Gasteiger partial charge >= 0.3 is 0 Å². The number of amides is 2. The third-order valence-corrected chi connectivity index (χ3v) is 5.43. The van der Waals surface area contributed by atoms with Crippen molar-refractivity contribution in [2.45, 2.75) is 20.5 Å². The number of nitrogens with zero attached hydrogens (tertiary/aromatic N) is 1. The number of hydrogen-bond donors (Lipinski definition) is 2. The number of aryl methyl sites for hydroxylation is 2. The Morgan fingerprint density at radius 2 is 1.66 bits per heavy atom. The average molecular weight is 397 g/mol. The number of hydrogen-bond acceptors (Lipinski definition) is 3. The molecule has 2 amide bonds. The van der Waals surface area contributed by atoms with Gasteiger partial charge in [0.05, 0.1) is 32.8 Å². The number of methoxy groups -OCH3 is 1. The molecule has 1 aliphatic heterocycles. The first-order valence-electron chi connectivity index (χ1n) is 10.0. The first-order valence-corrected chi connectivity index (χ1v) is 10.0. The molecule has 1 fully saturated rings. The fraction of sp³-hybridized carbons (Fsp3) is 0.391. The number of carbonyl (C=O) groups is 2. The molecular formula is C23H30N3O3+. The molecule has 154 valence electrons. The zero-order valence-corrected chi connectivity index (χ0v) is 17.5.